The van der Waals surface area contributed by atoms with Gasteiger partial charge < -0.3 is 10.2 Å². The van der Waals surface area contributed by atoms with E-state index in [9.17, 15) is 14.6 Å². The number of likely N-dealkylation sites (tertiary alicyclic amines) is 1. The fourth-order valence-corrected chi connectivity index (χ4v) is 3.92. The molecule has 1 aliphatic rings. The van der Waals surface area contributed by atoms with Crippen molar-refractivity contribution in [1.82, 2.24) is 4.90 Å². The molecule has 0 unspecified atom stereocenters. The molecular formula is C20H23ClFNO2. The summed E-state index contributed by atoms with van der Waals surface area (Å²) in [7, 11) is 0. The van der Waals surface area contributed by atoms with Crippen LogP contribution in [0.15, 0.2) is 42.5 Å². The first kappa shape index (κ1) is 18.2. The highest BCUT2D eigenvalue weighted by Gasteiger charge is 2.35. The van der Waals surface area contributed by atoms with Crippen molar-refractivity contribution in [2.75, 3.05) is 19.7 Å². The Bertz CT molecular complexity index is 722. The summed E-state index contributed by atoms with van der Waals surface area (Å²) in [6, 6.07) is 11.8. The third-order valence-corrected chi connectivity index (χ3v) is 5.29. The van der Waals surface area contributed by atoms with Crippen molar-refractivity contribution in [3.8, 4) is 5.75 Å². The van der Waals surface area contributed by atoms with E-state index in [4.69, 9.17) is 11.6 Å². The average Bonchev–Trinajstić information content (AvgIpc) is 2.61. The summed E-state index contributed by atoms with van der Waals surface area (Å²) in [5.74, 6) is -0.152. The van der Waals surface area contributed by atoms with Gasteiger partial charge in [0.2, 0.25) is 0 Å². The Kier molecular flexibility index (Phi) is 5.62. The van der Waals surface area contributed by atoms with Crippen molar-refractivity contribution in [2.45, 2.75) is 25.8 Å². The van der Waals surface area contributed by atoms with E-state index >= 15 is 0 Å². The molecule has 2 N–H and O–H groups in total. The van der Waals surface area contributed by atoms with E-state index < -0.39 is 0 Å². The summed E-state index contributed by atoms with van der Waals surface area (Å²) in [5, 5.41) is 20.0. The number of rotatable bonds is 5. The van der Waals surface area contributed by atoms with Crippen LogP contribution in [-0.4, -0.2) is 34.8 Å². The Hall–Kier alpha value is -1.62. The zero-order chi connectivity index (χ0) is 17.9. The molecule has 1 atom stereocenters. The molecule has 0 aliphatic carbocycles. The van der Waals surface area contributed by atoms with Crippen LogP contribution < -0.4 is 0 Å². The van der Waals surface area contributed by atoms with Crippen molar-refractivity contribution >= 4 is 11.6 Å². The van der Waals surface area contributed by atoms with Gasteiger partial charge >= 0.3 is 0 Å². The Balaban J connectivity index is 1.71. The van der Waals surface area contributed by atoms with Gasteiger partial charge in [0.25, 0.3) is 0 Å². The van der Waals surface area contributed by atoms with Gasteiger partial charge in [0, 0.05) is 18.5 Å². The number of hydrogen-bond donors (Lipinski definition) is 2. The summed E-state index contributed by atoms with van der Waals surface area (Å²) in [4.78, 5) is 2.31. The number of phenolic OH excluding ortho intramolecular Hbond substituents is 1. The fourth-order valence-electron chi connectivity index (χ4n) is 3.72. The van der Waals surface area contributed by atoms with Gasteiger partial charge in [0.1, 0.15) is 11.6 Å². The van der Waals surface area contributed by atoms with Gasteiger partial charge in [-0.05, 0) is 61.2 Å². The van der Waals surface area contributed by atoms with Crippen molar-refractivity contribution < 1.29 is 14.6 Å². The number of aliphatic hydroxyl groups is 1. The molecule has 2 aromatic rings. The van der Waals surface area contributed by atoms with Gasteiger partial charge in [-0.2, -0.15) is 0 Å². The average molecular weight is 364 g/mol. The first-order valence-corrected chi connectivity index (χ1v) is 8.93. The molecule has 0 saturated carbocycles. The first-order valence-electron chi connectivity index (χ1n) is 8.55. The molecule has 0 amide bonds. The highest BCUT2D eigenvalue weighted by atomic mass is 35.5. The lowest BCUT2D eigenvalue weighted by atomic mass is 9.75. The lowest BCUT2D eigenvalue weighted by Crippen LogP contribution is -2.46. The van der Waals surface area contributed by atoms with E-state index in [2.05, 4.69) is 4.90 Å². The summed E-state index contributed by atoms with van der Waals surface area (Å²) >= 11 is 6.00. The van der Waals surface area contributed by atoms with Crippen LogP contribution >= 0.6 is 11.6 Å². The number of nitrogens with zero attached hydrogens (tertiary/aromatic N) is 1. The van der Waals surface area contributed by atoms with Gasteiger partial charge in [-0.25, -0.2) is 4.39 Å². The SMILES string of the molecule is OC[C@@]1(Cc2ccc(F)cc2)CCCN(Cc2ccc(O)c(Cl)c2)C1. The number of hydrogen-bond acceptors (Lipinski definition) is 3. The number of halogens is 2. The van der Waals surface area contributed by atoms with Crippen LogP contribution in [0, 0.1) is 11.2 Å². The molecule has 134 valence electrons. The molecule has 0 bridgehead atoms. The highest BCUT2D eigenvalue weighted by molar-refractivity contribution is 6.32. The van der Waals surface area contributed by atoms with Crippen LogP contribution in [0.4, 0.5) is 4.39 Å². The van der Waals surface area contributed by atoms with Crippen molar-refractivity contribution in [2.24, 2.45) is 5.41 Å². The third kappa shape index (κ3) is 4.51. The molecule has 1 aliphatic heterocycles. The molecule has 0 radical (unpaired) electrons. The molecule has 1 heterocycles. The first-order chi connectivity index (χ1) is 12.0. The lowest BCUT2D eigenvalue weighted by Gasteiger charge is -2.42. The molecule has 0 spiro atoms. The fraction of sp³-hybridized carbons (Fsp3) is 0.400. The second kappa shape index (κ2) is 7.73. The number of piperidine rings is 1. The minimum absolute atomic E-state index is 0.0880. The Morgan fingerprint density at radius 1 is 1.12 bits per heavy atom. The van der Waals surface area contributed by atoms with Crippen molar-refractivity contribution in [3.63, 3.8) is 0 Å². The van der Waals surface area contributed by atoms with E-state index in [1.54, 1.807) is 24.3 Å². The van der Waals surface area contributed by atoms with Crippen LogP contribution in [0.5, 0.6) is 5.75 Å². The number of aliphatic hydroxyl groups excluding tert-OH is 1. The molecular weight excluding hydrogens is 341 g/mol. The van der Waals surface area contributed by atoms with E-state index in [0.717, 1.165) is 50.0 Å². The van der Waals surface area contributed by atoms with E-state index in [1.165, 1.54) is 12.1 Å². The quantitative estimate of drug-likeness (QED) is 0.843. The van der Waals surface area contributed by atoms with Crippen LogP contribution in [0.25, 0.3) is 0 Å². The lowest BCUT2D eigenvalue weighted by molar-refractivity contribution is 0.0288. The Labute approximate surface area is 152 Å². The molecule has 0 aromatic heterocycles. The summed E-state index contributed by atoms with van der Waals surface area (Å²) in [6.07, 6.45) is 2.69. The van der Waals surface area contributed by atoms with Crippen LogP contribution in [0.2, 0.25) is 5.02 Å². The highest BCUT2D eigenvalue weighted by Crippen LogP contribution is 2.34. The Morgan fingerprint density at radius 3 is 2.52 bits per heavy atom. The van der Waals surface area contributed by atoms with Crippen molar-refractivity contribution in [1.29, 1.82) is 0 Å². The predicted octanol–water partition coefficient (Wildman–Crippen LogP) is 4.00. The van der Waals surface area contributed by atoms with Crippen molar-refractivity contribution in [3.05, 3.63) is 64.4 Å². The third-order valence-electron chi connectivity index (χ3n) is 4.99. The van der Waals surface area contributed by atoms with Gasteiger partial charge in [0.05, 0.1) is 11.6 Å². The molecule has 5 heteroatoms. The van der Waals surface area contributed by atoms with E-state index in [1.807, 2.05) is 6.07 Å². The molecule has 3 nitrogen and oxygen atoms in total. The molecule has 1 saturated heterocycles. The normalized spacial score (nSPS) is 21.4. The van der Waals surface area contributed by atoms with Crippen LogP contribution in [-0.2, 0) is 13.0 Å². The minimum atomic E-state index is -0.240. The Morgan fingerprint density at radius 2 is 1.84 bits per heavy atom. The zero-order valence-electron chi connectivity index (χ0n) is 14.1. The summed E-state index contributed by atoms with van der Waals surface area (Å²) < 4.78 is 13.1. The maximum absolute atomic E-state index is 13.1. The van der Waals surface area contributed by atoms with Crippen LogP contribution in [0.1, 0.15) is 24.0 Å². The maximum Gasteiger partial charge on any atom is 0.134 e. The van der Waals surface area contributed by atoms with Gasteiger partial charge in [0.15, 0.2) is 0 Å². The molecule has 2 aromatic carbocycles. The number of aromatic hydroxyl groups is 1. The van der Waals surface area contributed by atoms with Gasteiger partial charge in [-0.1, -0.05) is 29.8 Å². The predicted molar refractivity (Wildman–Crippen MR) is 97.3 cm³/mol. The zero-order valence-corrected chi connectivity index (χ0v) is 14.8. The standard InChI is InChI=1S/C20H23ClFNO2/c21-18-10-16(4-7-19(18)25)12-23-9-1-8-20(13-23,14-24)11-15-2-5-17(22)6-3-15/h2-7,10,24-25H,1,8-9,11-14H2/t20-/m1/s1. The number of phenols is 1. The van der Waals surface area contributed by atoms with Gasteiger partial charge in [-0.15, -0.1) is 0 Å². The molecule has 25 heavy (non-hydrogen) atoms. The van der Waals surface area contributed by atoms with E-state index in [-0.39, 0.29) is 23.6 Å². The minimum Gasteiger partial charge on any atom is -0.506 e. The summed E-state index contributed by atoms with van der Waals surface area (Å²) in [6.45, 7) is 2.57. The molecule has 1 fully saturated rings. The maximum atomic E-state index is 13.1. The molecule has 3 rings (SSSR count). The summed E-state index contributed by atoms with van der Waals surface area (Å²) in [5.41, 5.74) is 1.87. The topological polar surface area (TPSA) is 43.7 Å². The monoisotopic (exact) mass is 363 g/mol. The van der Waals surface area contributed by atoms with Crippen LogP contribution in [0.3, 0.4) is 0 Å². The largest absolute Gasteiger partial charge is 0.506 e. The second-order valence-electron chi connectivity index (χ2n) is 7.06. The van der Waals surface area contributed by atoms with Gasteiger partial charge in [-0.3, -0.25) is 4.90 Å². The second-order valence-corrected chi connectivity index (χ2v) is 7.47. The van der Waals surface area contributed by atoms with E-state index in [0.29, 0.717) is 5.02 Å². The smallest absolute Gasteiger partial charge is 0.134 e. The number of benzene rings is 2.